The van der Waals surface area contributed by atoms with Gasteiger partial charge >= 0.3 is 0 Å². The number of hydrogen-bond donors (Lipinski definition) is 0. The van der Waals surface area contributed by atoms with E-state index in [0.29, 0.717) is 0 Å². The second-order valence-electron chi connectivity index (χ2n) is 11.4. The quantitative estimate of drug-likeness (QED) is 0.173. The van der Waals surface area contributed by atoms with Crippen LogP contribution in [0.15, 0.2) is 152 Å². The number of para-hydroxylation sites is 2. The Morgan fingerprint density at radius 3 is 1.90 bits per heavy atom. The van der Waals surface area contributed by atoms with Gasteiger partial charge in [-0.05, 0) is 77.4 Å². The maximum Gasteiger partial charge on any atom is 0.0542 e. The minimum atomic E-state index is 0.964. The van der Waals surface area contributed by atoms with Gasteiger partial charge in [0, 0.05) is 45.2 Å². The highest BCUT2D eigenvalue weighted by molar-refractivity contribution is 6.10. The minimum Gasteiger partial charge on any atom is -0.313 e. The number of hydrogen-bond acceptors (Lipinski definition) is 0. The van der Waals surface area contributed by atoms with Gasteiger partial charge in [0.25, 0.3) is 0 Å². The first-order valence-electron chi connectivity index (χ1n) is 17.2. The summed E-state index contributed by atoms with van der Waals surface area (Å²) in [5, 5.41) is 6.39. The summed E-state index contributed by atoms with van der Waals surface area (Å²) >= 11 is 0. The van der Waals surface area contributed by atoms with Crippen LogP contribution in [0.1, 0.15) is 45.9 Å². The molecule has 0 fully saturated rings. The van der Waals surface area contributed by atoms with E-state index in [1.165, 1.54) is 77.2 Å². The maximum atomic E-state index is 3.36. The molecule has 9 rings (SSSR count). The normalized spacial score (nSPS) is 11.4. The van der Waals surface area contributed by atoms with Crippen LogP contribution >= 0.6 is 0 Å². The Morgan fingerprint density at radius 2 is 1.12 bits per heavy atom. The number of rotatable bonds is 3. The standard InChI is InChI=1S/C39H26N2.C3H6.2C2H6/c1-2-10-27-23-29(20-19-26(27)9-1)28-11-7-12-30(24-28)40-37-17-6-4-14-34(37)35-25-31(21-22-39(35)40)41-36-16-5-3-13-32(36)33-15-8-18-38(33)41;1-3-2;2*1-2/h1-17,19-25H,18H2;3H,1H2,2H3;2*1-2H3. The van der Waals surface area contributed by atoms with Gasteiger partial charge in [-0.1, -0.05) is 131 Å². The molecule has 238 valence electrons. The van der Waals surface area contributed by atoms with Crippen molar-refractivity contribution in [2.45, 2.75) is 41.0 Å². The number of nitrogens with zero attached hydrogens (tertiary/aromatic N) is 2. The predicted molar refractivity (Wildman–Crippen MR) is 212 cm³/mol. The smallest absolute Gasteiger partial charge is 0.0542 e. The number of benzene rings is 6. The van der Waals surface area contributed by atoms with Crippen LogP contribution in [0.2, 0.25) is 0 Å². The summed E-state index contributed by atoms with van der Waals surface area (Å²) in [7, 11) is 0. The molecule has 2 heterocycles. The summed E-state index contributed by atoms with van der Waals surface area (Å²) in [6, 6.07) is 48.8. The zero-order valence-corrected chi connectivity index (χ0v) is 28.7. The second-order valence-corrected chi connectivity index (χ2v) is 11.4. The molecule has 2 heteroatoms. The van der Waals surface area contributed by atoms with Crippen LogP contribution < -0.4 is 0 Å². The first-order valence-corrected chi connectivity index (χ1v) is 17.2. The summed E-state index contributed by atoms with van der Waals surface area (Å²) in [6.07, 6.45) is 7.27. The molecule has 0 spiro atoms. The fourth-order valence-electron chi connectivity index (χ4n) is 6.86. The van der Waals surface area contributed by atoms with Crippen molar-refractivity contribution in [3.8, 4) is 22.5 Å². The molecular weight excluding hydrogens is 581 g/mol. The van der Waals surface area contributed by atoms with Crippen molar-refractivity contribution < 1.29 is 0 Å². The largest absolute Gasteiger partial charge is 0.313 e. The maximum absolute atomic E-state index is 3.36. The summed E-state index contributed by atoms with van der Waals surface area (Å²) in [6.45, 7) is 13.2. The van der Waals surface area contributed by atoms with Crippen LogP contribution in [-0.2, 0) is 6.42 Å². The molecule has 2 nitrogen and oxygen atoms in total. The third kappa shape index (κ3) is 5.65. The van der Waals surface area contributed by atoms with Crippen molar-refractivity contribution in [2.24, 2.45) is 0 Å². The molecule has 1 aliphatic rings. The van der Waals surface area contributed by atoms with Crippen molar-refractivity contribution in [3.05, 3.63) is 163 Å². The van der Waals surface area contributed by atoms with Gasteiger partial charge in [-0.15, -0.1) is 6.58 Å². The third-order valence-corrected chi connectivity index (χ3v) is 8.71. The molecule has 1 aliphatic carbocycles. The number of fused-ring (bicyclic) bond motifs is 7. The molecular formula is C46H44N2. The molecule has 48 heavy (non-hydrogen) atoms. The molecule has 0 amide bonds. The fourth-order valence-corrected chi connectivity index (χ4v) is 6.86. The highest BCUT2D eigenvalue weighted by Gasteiger charge is 2.20. The lowest BCUT2D eigenvalue weighted by molar-refractivity contribution is 1.02. The van der Waals surface area contributed by atoms with Crippen LogP contribution in [0.25, 0.3) is 72.1 Å². The lowest BCUT2D eigenvalue weighted by Gasteiger charge is -2.12. The van der Waals surface area contributed by atoms with Crippen LogP contribution in [-0.4, -0.2) is 9.13 Å². The van der Waals surface area contributed by atoms with Crippen LogP contribution in [0.4, 0.5) is 0 Å². The van der Waals surface area contributed by atoms with E-state index in [1.54, 1.807) is 6.08 Å². The molecule has 0 radical (unpaired) electrons. The zero-order chi connectivity index (χ0) is 33.6. The van der Waals surface area contributed by atoms with Gasteiger partial charge < -0.3 is 9.13 Å². The van der Waals surface area contributed by atoms with Crippen molar-refractivity contribution in [3.63, 3.8) is 0 Å². The van der Waals surface area contributed by atoms with E-state index >= 15 is 0 Å². The summed E-state index contributed by atoms with van der Waals surface area (Å²) in [5.74, 6) is 0. The monoisotopic (exact) mass is 624 g/mol. The number of aromatic nitrogens is 2. The Morgan fingerprint density at radius 1 is 0.521 bits per heavy atom. The average molecular weight is 625 g/mol. The van der Waals surface area contributed by atoms with E-state index in [2.05, 4.69) is 161 Å². The van der Waals surface area contributed by atoms with Crippen LogP contribution in [0.5, 0.6) is 0 Å². The van der Waals surface area contributed by atoms with Crippen molar-refractivity contribution in [1.82, 2.24) is 9.13 Å². The van der Waals surface area contributed by atoms with E-state index in [-0.39, 0.29) is 0 Å². The van der Waals surface area contributed by atoms with Crippen molar-refractivity contribution in [1.29, 1.82) is 0 Å². The van der Waals surface area contributed by atoms with Gasteiger partial charge in [0.15, 0.2) is 0 Å². The van der Waals surface area contributed by atoms with E-state index in [1.807, 2.05) is 34.6 Å². The average Bonchev–Trinajstić information content (AvgIpc) is 3.85. The molecule has 0 saturated heterocycles. The first-order chi connectivity index (χ1) is 23.7. The molecule has 0 atom stereocenters. The molecule has 2 aromatic heterocycles. The Balaban J connectivity index is 0.000000537. The van der Waals surface area contributed by atoms with E-state index in [4.69, 9.17) is 0 Å². The molecule has 0 unspecified atom stereocenters. The third-order valence-electron chi connectivity index (χ3n) is 8.71. The van der Waals surface area contributed by atoms with E-state index in [0.717, 1.165) is 6.42 Å². The highest BCUT2D eigenvalue weighted by atomic mass is 15.0. The van der Waals surface area contributed by atoms with Crippen LogP contribution in [0.3, 0.4) is 0 Å². The van der Waals surface area contributed by atoms with Crippen molar-refractivity contribution in [2.75, 3.05) is 0 Å². The summed E-state index contributed by atoms with van der Waals surface area (Å²) in [4.78, 5) is 0. The van der Waals surface area contributed by atoms with Crippen molar-refractivity contribution >= 4 is 49.6 Å². The fraction of sp³-hybridized carbons (Fsp3) is 0.130. The van der Waals surface area contributed by atoms with E-state index < -0.39 is 0 Å². The molecule has 0 bridgehead atoms. The second kappa shape index (κ2) is 14.4. The van der Waals surface area contributed by atoms with Gasteiger partial charge in [-0.2, -0.15) is 0 Å². The Kier molecular flexibility index (Phi) is 9.73. The Bertz CT molecular complexity index is 2400. The zero-order valence-electron chi connectivity index (χ0n) is 28.7. The van der Waals surface area contributed by atoms with E-state index in [9.17, 15) is 0 Å². The molecule has 8 aromatic rings. The molecule has 0 N–H and O–H groups in total. The highest BCUT2D eigenvalue weighted by Crippen LogP contribution is 2.38. The van der Waals surface area contributed by atoms with Gasteiger partial charge in [-0.25, -0.2) is 0 Å². The summed E-state index contributed by atoms with van der Waals surface area (Å²) in [5.41, 5.74) is 11.3. The Hall–Kier alpha value is -5.60. The molecule has 0 aliphatic heterocycles. The van der Waals surface area contributed by atoms with Gasteiger partial charge in [0.05, 0.1) is 16.6 Å². The van der Waals surface area contributed by atoms with Gasteiger partial charge in [0.2, 0.25) is 0 Å². The van der Waals surface area contributed by atoms with Gasteiger partial charge in [0.1, 0.15) is 0 Å². The predicted octanol–water partition coefficient (Wildman–Crippen LogP) is 13.4. The lowest BCUT2D eigenvalue weighted by Crippen LogP contribution is -1.99. The SMILES string of the molecule is C1=Cc2c(n(-c3ccc4c(c3)c3ccccc3n4-c3cccc(-c4ccc5ccccc5c4)c3)c3ccccc23)C1.C=CC.CC.CC. The summed E-state index contributed by atoms with van der Waals surface area (Å²) < 4.78 is 4.87. The van der Waals surface area contributed by atoms with Crippen LogP contribution in [0, 0.1) is 0 Å². The minimum absolute atomic E-state index is 0.964. The molecule has 0 saturated carbocycles. The Labute approximate surface area is 284 Å². The first kappa shape index (κ1) is 32.3. The molecule has 6 aromatic carbocycles. The number of allylic oxidation sites excluding steroid dienone is 2. The topological polar surface area (TPSA) is 9.86 Å². The lowest BCUT2D eigenvalue weighted by atomic mass is 10.0. The van der Waals surface area contributed by atoms with Gasteiger partial charge in [-0.3, -0.25) is 0 Å².